The van der Waals surface area contributed by atoms with E-state index < -0.39 is 5.60 Å². The first-order valence-electron chi connectivity index (χ1n) is 4.49. The molecule has 4 nitrogen and oxygen atoms in total. The van der Waals surface area contributed by atoms with Crippen molar-refractivity contribution in [2.24, 2.45) is 0 Å². The van der Waals surface area contributed by atoms with Gasteiger partial charge in [0, 0.05) is 19.6 Å². The quantitative estimate of drug-likeness (QED) is 0.628. The van der Waals surface area contributed by atoms with Gasteiger partial charge in [0.15, 0.2) is 0 Å². The van der Waals surface area contributed by atoms with E-state index in [0.717, 1.165) is 32.8 Å². The fourth-order valence-electron chi connectivity index (χ4n) is 1.44. The zero-order chi connectivity index (χ0) is 9.73. The van der Waals surface area contributed by atoms with Gasteiger partial charge in [-0.3, -0.25) is 4.90 Å². The van der Waals surface area contributed by atoms with Crippen LogP contribution < -0.4 is 0 Å². The summed E-state index contributed by atoms with van der Waals surface area (Å²) in [5, 5.41) is 0. The van der Waals surface area contributed by atoms with Gasteiger partial charge in [0.1, 0.15) is 5.60 Å². The fraction of sp³-hybridized carbons (Fsp3) is 0.889. The van der Waals surface area contributed by atoms with Gasteiger partial charge in [0.05, 0.1) is 13.2 Å². The molecule has 0 atom stereocenters. The minimum atomic E-state index is -0.445. The number of morpholine rings is 1. The van der Waals surface area contributed by atoms with E-state index in [0.29, 0.717) is 0 Å². The topological polar surface area (TPSA) is 38.8 Å². The zero-order valence-electron chi connectivity index (χ0n) is 8.21. The standard InChI is InChI=1S/C9H16NO3/c1-9(2,13-8-11)7-10-3-5-12-6-4-10/h3-7H2,1-2H3. The second kappa shape index (κ2) is 4.58. The summed E-state index contributed by atoms with van der Waals surface area (Å²) in [5.74, 6) is 0. The molecule has 1 saturated heterocycles. The van der Waals surface area contributed by atoms with Crippen LogP contribution >= 0.6 is 0 Å². The Hall–Kier alpha value is -0.610. The minimum Gasteiger partial charge on any atom is -0.450 e. The summed E-state index contributed by atoms with van der Waals surface area (Å²) in [7, 11) is 0. The molecule has 4 heteroatoms. The number of nitrogens with zero attached hydrogens (tertiary/aromatic N) is 1. The lowest BCUT2D eigenvalue weighted by Crippen LogP contribution is -2.45. The first-order chi connectivity index (χ1) is 6.14. The van der Waals surface area contributed by atoms with Crippen molar-refractivity contribution in [3.8, 4) is 0 Å². The first kappa shape index (κ1) is 10.5. The van der Waals surface area contributed by atoms with E-state index in [1.165, 1.54) is 6.47 Å². The van der Waals surface area contributed by atoms with Gasteiger partial charge in [-0.05, 0) is 13.8 Å². The van der Waals surface area contributed by atoms with Crippen molar-refractivity contribution in [3.05, 3.63) is 0 Å². The van der Waals surface area contributed by atoms with E-state index in [1.54, 1.807) is 0 Å². The van der Waals surface area contributed by atoms with Gasteiger partial charge in [-0.1, -0.05) is 0 Å². The molecule has 1 radical (unpaired) electrons. The Bertz CT molecular complexity index is 164. The molecule has 1 aliphatic rings. The summed E-state index contributed by atoms with van der Waals surface area (Å²) < 4.78 is 10.1. The molecule has 0 aliphatic carbocycles. The molecule has 1 rings (SSSR count). The van der Waals surface area contributed by atoms with Gasteiger partial charge in [0.2, 0.25) is 0 Å². The van der Waals surface area contributed by atoms with Crippen LogP contribution in [0.5, 0.6) is 0 Å². The third-order valence-electron chi connectivity index (χ3n) is 2.03. The highest BCUT2D eigenvalue weighted by Gasteiger charge is 2.24. The normalized spacial score (nSPS) is 19.8. The maximum Gasteiger partial charge on any atom is 0.418 e. The summed E-state index contributed by atoms with van der Waals surface area (Å²) in [6, 6.07) is 0. The van der Waals surface area contributed by atoms with E-state index in [1.807, 2.05) is 13.8 Å². The van der Waals surface area contributed by atoms with Crippen LogP contribution in [-0.2, 0) is 14.3 Å². The smallest absolute Gasteiger partial charge is 0.418 e. The third-order valence-corrected chi connectivity index (χ3v) is 2.03. The SMILES string of the molecule is CC(C)(CN1CCOCC1)O[C]=O. The van der Waals surface area contributed by atoms with Crippen molar-refractivity contribution in [2.45, 2.75) is 19.4 Å². The number of carbonyl (C=O) groups excluding carboxylic acids is 1. The summed E-state index contributed by atoms with van der Waals surface area (Å²) in [4.78, 5) is 12.3. The molecular formula is C9H16NO3. The molecule has 13 heavy (non-hydrogen) atoms. The van der Waals surface area contributed by atoms with Crippen molar-refractivity contribution in [1.82, 2.24) is 4.90 Å². The Balaban J connectivity index is 2.32. The lowest BCUT2D eigenvalue weighted by atomic mass is 10.1. The average molecular weight is 186 g/mol. The Morgan fingerprint density at radius 3 is 2.62 bits per heavy atom. The Morgan fingerprint density at radius 1 is 1.46 bits per heavy atom. The lowest BCUT2D eigenvalue weighted by molar-refractivity contribution is -0.00892. The highest BCUT2D eigenvalue weighted by atomic mass is 16.5. The maximum absolute atomic E-state index is 10.1. The highest BCUT2D eigenvalue weighted by Crippen LogP contribution is 2.11. The van der Waals surface area contributed by atoms with Crippen LogP contribution in [0.3, 0.4) is 0 Å². The van der Waals surface area contributed by atoms with Gasteiger partial charge in [0.25, 0.3) is 0 Å². The second-order valence-corrected chi connectivity index (χ2v) is 3.83. The molecule has 1 aliphatic heterocycles. The molecule has 1 fully saturated rings. The number of hydrogen-bond acceptors (Lipinski definition) is 4. The predicted octanol–water partition coefficient (Wildman–Crippen LogP) is 0.181. The lowest BCUT2D eigenvalue weighted by Gasteiger charge is -2.33. The Labute approximate surface area is 78.8 Å². The van der Waals surface area contributed by atoms with Crippen molar-refractivity contribution < 1.29 is 14.3 Å². The highest BCUT2D eigenvalue weighted by molar-refractivity contribution is 5.39. The molecule has 0 spiro atoms. The average Bonchev–Trinajstić information content (AvgIpc) is 2.04. The number of hydrogen-bond donors (Lipinski definition) is 0. The number of ether oxygens (including phenoxy) is 2. The maximum atomic E-state index is 10.1. The van der Waals surface area contributed by atoms with Crippen molar-refractivity contribution >= 4 is 6.47 Å². The van der Waals surface area contributed by atoms with Crippen LogP contribution in [-0.4, -0.2) is 49.8 Å². The van der Waals surface area contributed by atoms with Gasteiger partial charge in [-0.15, -0.1) is 0 Å². The van der Waals surface area contributed by atoms with Gasteiger partial charge in [-0.2, -0.15) is 0 Å². The Kier molecular flexibility index (Phi) is 3.69. The van der Waals surface area contributed by atoms with E-state index in [2.05, 4.69) is 4.90 Å². The Morgan fingerprint density at radius 2 is 2.08 bits per heavy atom. The van der Waals surface area contributed by atoms with E-state index in [4.69, 9.17) is 9.47 Å². The van der Waals surface area contributed by atoms with Crippen molar-refractivity contribution in [3.63, 3.8) is 0 Å². The van der Waals surface area contributed by atoms with Crippen molar-refractivity contribution in [1.29, 1.82) is 0 Å². The largest absolute Gasteiger partial charge is 0.450 e. The molecule has 0 aromatic heterocycles. The summed E-state index contributed by atoms with van der Waals surface area (Å²) in [5.41, 5.74) is -0.445. The molecule has 0 bridgehead atoms. The van der Waals surface area contributed by atoms with Crippen LogP contribution in [0.15, 0.2) is 0 Å². The van der Waals surface area contributed by atoms with Crippen LogP contribution in [0, 0.1) is 0 Å². The third kappa shape index (κ3) is 3.74. The minimum absolute atomic E-state index is 0.445. The van der Waals surface area contributed by atoms with Gasteiger partial charge < -0.3 is 9.47 Å². The van der Waals surface area contributed by atoms with Crippen LogP contribution in [0.1, 0.15) is 13.8 Å². The van der Waals surface area contributed by atoms with E-state index >= 15 is 0 Å². The van der Waals surface area contributed by atoms with Crippen LogP contribution in [0.4, 0.5) is 0 Å². The molecule has 0 amide bonds. The zero-order valence-corrected chi connectivity index (χ0v) is 8.21. The van der Waals surface area contributed by atoms with Gasteiger partial charge >= 0.3 is 6.47 Å². The van der Waals surface area contributed by atoms with E-state index in [-0.39, 0.29) is 0 Å². The van der Waals surface area contributed by atoms with E-state index in [9.17, 15) is 4.79 Å². The first-order valence-corrected chi connectivity index (χ1v) is 4.49. The molecule has 1 heterocycles. The summed E-state index contributed by atoms with van der Waals surface area (Å²) in [6.07, 6.45) is 0. The van der Waals surface area contributed by atoms with Crippen molar-refractivity contribution in [2.75, 3.05) is 32.8 Å². The molecule has 0 N–H and O–H groups in total. The van der Waals surface area contributed by atoms with Gasteiger partial charge in [-0.25, -0.2) is 4.79 Å². The number of rotatable bonds is 4. The predicted molar refractivity (Wildman–Crippen MR) is 48.1 cm³/mol. The molecule has 0 aromatic carbocycles. The molecule has 0 saturated carbocycles. The second-order valence-electron chi connectivity index (χ2n) is 3.83. The van der Waals surface area contributed by atoms with Crippen LogP contribution in [0.25, 0.3) is 0 Å². The summed E-state index contributed by atoms with van der Waals surface area (Å²) >= 11 is 0. The molecule has 0 unspecified atom stereocenters. The molecule has 75 valence electrons. The molecular weight excluding hydrogens is 170 g/mol. The monoisotopic (exact) mass is 186 g/mol. The van der Waals surface area contributed by atoms with Crippen LogP contribution in [0.2, 0.25) is 0 Å². The summed E-state index contributed by atoms with van der Waals surface area (Å²) in [6.45, 7) is 9.34. The fourth-order valence-corrected chi connectivity index (χ4v) is 1.44. The molecule has 0 aromatic rings.